The Morgan fingerprint density at radius 1 is 1.22 bits per heavy atom. The van der Waals surface area contributed by atoms with Gasteiger partial charge in [-0.25, -0.2) is 8.42 Å². The Bertz CT molecular complexity index is 482. The predicted octanol–water partition coefficient (Wildman–Crippen LogP) is 2.93. The molecule has 18 heavy (non-hydrogen) atoms. The summed E-state index contributed by atoms with van der Waals surface area (Å²) in [7, 11) is -3.33. The zero-order chi connectivity index (χ0) is 13.2. The molecule has 0 N–H and O–H groups in total. The van der Waals surface area contributed by atoms with E-state index in [1.54, 1.807) is 12.1 Å². The molecule has 2 atom stereocenters. The van der Waals surface area contributed by atoms with Gasteiger partial charge in [-0.2, -0.15) is 0 Å². The Labute approximate surface area is 109 Å². The summed E-state index contributed by atoms with van der Waals surface area (Å²) in [5, 5.41) is 0. The molecule has 0 saturated carbocycles. The maximum Gasteiger partial charge on any atom is 0.205 e. The molecule has 2 rings (SSSR count). The van der Waals surface area contributed by atoms with E-state index >= 15 is 0 Å². The molecule has 1 aliphatic rings. The number of hydrogen-bond acceptors (Lipinski definition) is 3. The smallest absolute Gasteiger partial charge is 0.205 e. The molecule has 0 aromatic heterocycles. The van der Waals surface area contributed by atoms with Crippen LogP contribution in [0.5, 0.6) is 0 Å². The van der Waals surface area contributed by atoms with E-state index in [-0.39, 0.29) is 0 Å². The van der Waals surface area contributed by atoms with Crippen molar-refractivity contribution in [2.45, 2.75) is 43.4 Å². The van der Waals surface area contributed by atoms with Crippen molar-refractivity contribution in [3.05, 3.63) is 29.8 Å². The van der Waals surface area contributed by atoms with Crippen LogP contribution >= 0.6 is 0 Å². The van der Waals surface area contributed by atoms with Gasteiger partial charge in [-0.05, 0) is 37.8 Å². The highest BCUT2D eigenvalue weighted by Crippen LogP contribution is 2.28. The van der Waals surface area contributed by atoms with Gasteiger partial charge in [0.25, 0.3) is 0 Å². The molecular formula is C14H20O3S. The van der Waals surface area contributed by atoms with Gasteiger partial charge in [0.05, 0.1) is 11.5 Å². The van der Waals surface area contributed by atoms with Gasteiger partial charge < -0.3 is 4.74 Å². The largest absolute Gasteiger partial charge is 0.362 e. The van der Waals surface area contributed by atoms with Crippen LogP contribution in [0.2, 0.25) is 0 Å². The third-order valence-electron chi connectivity index (χ3n) is 3.60. The molecule has 0 unspecified atom stereocenters. The van der Waals surface area contributed by atoms with Crippen molar-refractivity contribution < 1.29 is 13.2 Å². The first-order valence-corrected chi connectivity index (χ1v) is 8.01. The molecule has 0 bridgehead atoms. The van der Waals surface area contributed by atoms with Crippen LogP contribution in [0.4, 0.5) is 0 Å². The van der Waals surface area contributed by atoms with E-state index in [2.05, 4.69) is 6.92 Å². The second-order valence-electron chi connectivity index (χ2n) is 4.97. The highest BCUT2D eigenvalue weighted by atomic mass is 32.2. The molecule has 4 heteroatoms. The van der Waals surface area contributed by atoms with Gasteiger partial charge in [0.1, 0.15) is 0 Å². The summed E-state index contributed by atoms with van der Waals surface area (Å²) in [4.78, 5) is 0.369. The predicted molar refractivity (Wildman–Crippen MR) is 71.1 cm³/mol. The molecule has 1 heterocycles. The van der Waals surface area contributed by atoms with Crippen LogP contribution in [0.15, 0.2) is 29.2 Å². The Kier molecular flexibility index (Phi) is 4.07. The van der Waals surface area contributed by atoms with E-state index in [1.165, 1.54) is 0 Å². The molecule has 1 aromatic rings. The van der Waals surface area contributed by atoms with Gasteiger partial charge in [0, 0.05) is 0 Å². The van der Waals surface area contributed by atoms with Gasteiger partial charge in [-0.15, -0.1) is 0 Å². The first kappa shape index (κ1) is 13.6. The monoisotopic (exact) mass is 268 g/mol. The molecule has 0 aliphatic carbocycles. The average molecular weight is 268 g/mol. The molecule has 3 nitrogen and oxygen atoms in total. The fourth-order valence-electron chi connectivity index (χ4n) is 2.23. The van der Waals surface area contributed by atoms with E-state index in [0.29, 0.717) is 23.8 Å². The maximum absolute atomic E-state index is 12.4. The summed E-state index contributed by atoms with van der Waals surface area (Å²) in [6, 6.07) is 6.98. The summed E-state index contributed by atoms with van der Waals surface area (Å²) in [5.74, 6) is 0.509. The molecule has 1 aromatic carbocycles. The summed E-state index contributed by atoms with van der Waals surface area (Å²) < 4.78 is 30.3. The third-order valence-corrected chi connectivity index (χ3v) is 5.59. The summed E-state index contributed by atoms with van der Waals surface area (Å²) in [5.41, 5.74) is 0.396. The highest BCUT2D eigenvalue weighted by Gasteiger charge is 2.32. The lowest BCUT2D eigenvalue weighted by Gasteiger charge is -2.28. The van der Waals surface area contributed by atoms with E-state index in [9.17, 15) is 8.42 Å². The average Bonchev–Trinajstić information content (AvgIpc) is 2.39. The van der Waals surface area contributed by atoms with Crippen LogP contribution in [0.3, 0.4) is 0 Å². The minimum atomic E-state index is -3.33. The Balaban J connectivity index is 2.15. The van der Waals surface area contributed by atoms with Crippen molar-refractivity contribution in [1.29, 1.82) is 0 Å². The molecule has 0 spiro atoms. The summed E-state index contributed by atoms with van der Waals surface area (Å²) >= 11 is 0. The van der Waals surface area contributed by atoms with Gasteiger partial charge in [0.15, 0.2) is 5.44 Å². The summed E-state index contributed by atoms with van der Waals surface area (Å²) in [6.07, 6.45) is 2.60. The lowest BCUT2D eigenvalue weighted by atomic mass is 10.00. The standard InChI is InChI=1S/C14H20O3S/c1-3-12-6-9-14(17-10-12)18(15,16)13-7-4-11(2)5-8-13/h4-5,7-8,12,14H,3,6,9-10H2,1-2H3/t12-,14-/m1/s1. The van der Waals surface area contributed by atoms with Crippen molar-refractivity contribution in [2.24, 2.45) is 5.92 Å². The van der Waals surface area contributed by atoms with Crippen molar-refractivity contribution in [3.63, 3.8) is 0 Å². The quantitative estimate of drug-likeness (QED) is 0.846. The van der Waals surface area contributed by atoms with E-state index < -0.39 is 15.3 Å². The van der Waals surface area contributed by atoms with Crippen LogP contribution in [0, 0.1) is 12.8 Å². The van der Waals surface area contributed by atoms with Gasteiger partial charge >= 0.3 is 0 Å². The minimum Gasteiger partial charge on any atom is -0.362 e. The van der Waals surface area contributed by atoms with Crippen molar-refractivity contribution >= 4 is 9.84 Å². The zero-order valence-corrected chi connectivity index (χ0v) is 11.7. The maximum atomic E-state index is 12.4. The number of rotatable bonds is 3. The second-order valence-corrected chi connectivity index (χ2v) is 7.06. The Morgan fingerprint density at radius 3 is 2.39 bits per heavy atom. The lowest BCUT2D eigenvalue weighted by molar-refractivity contribution is 0.0273. The van der Waals surface area contributed by atoms with Gasteiger partial charge in [-0.1, -0.05) is 31.0 Å². The normalized spacial score (nSPS) is 25.0. The van der Waals surface area contributed by atoms with Crippen molar-refractivity contribution in [3.8, 4) is 0 Å². The Morgan fingerprint density at radius 2 is 1.89 bits per heavy atom. The molecule has 1 aliphatic heterocycles. The van der Waals surface area contributed by atoms with Crippen LogP contribution in [0.25, 0.3) is 0 Å². The number of ether oxygens (including phenoxy) is 1. The van der Waals surface area contributed by atoms with E-state index in [1.807, 2.05) is 19.1 Å². The SMILES string of the molecule is CC[C@@H]1CC[C@@H](S(=O)(=O)c2ccc(C)cc2)OC1. The Hall–Kier alpha value is -0.870. The fourth-order valence-corrected chi connectivity index (χ4v) is 3.75. The van der Waals surface area contributed by atoms with E-state index in [4.69, 9.17) is 4.74 Å². The van der Waals surface area contributed by atoms with Crippen LogP contribution in [-0.4, -0.2) is 20.5 Å². The second kappa shape index (κ2) is 5.41. The molecule has 0 amide bonds. The van der Waals surface area contributed by atoms with Crippen molar-refractivity contribution in [2.75, 3.05) is 6.61 Å². The lowest BCUT2D eigenvalue weighted by Crippen LogP contribution is -2.32. The molecule has 1 fully saturated rings. The number of aryl methyl sites for hydroxylation is 1. The van der Waals surface area contributed by atoms with Crippen molar-refractivity contribution in [1.82, 2.24) is 0 Å². The number of hydrogen-bond donors (Lipinski definition) is 0. The van der Waals surface area contributed by atoms with Crippen LogP contribution in [0.1, 0.15) is 31.7 Å². The summed E-state index contributed by atoms with van der Waals surface area (Å²) in [6.45, 7) is 4.62. The van der Waals surface area contributed by atoms with Crippen LogP contribution < -0.4 is 0 Å². The first-order chi connectivity index (χ1) is 8.54. The first-order valence-electron chi connectivity index (χ1n) is 6.46. The van der Waals surface area contributed by atoms with Gasteiger partial charge in [0.2, 0.25) is 9.84 Å². The minimum absolute atomic E-state index is 0.369. The molecule has 0 radical (unpaired) electrons. The molecular weight excluding hydrogens is 248 g/mol. The number of sulfone groups is 1. The zero-order valence-electron chi connectivity index (χ0n) is 10.9. The highest BCUT2D eigenvalue weighted by molar-refractivity contribution is 7.91. The molecule has 100 valence electrons. The third kappa shape index (κ3) is 2.75. The van der Waals surface area contributed by atoms with Crippen LogP contribution in [-0.2, 0) is 14.6 Å². The fraction of sp³-hybridized carbons (Fsp3) is 0.571. The number of benzene rings is 1. The van der Waals surface area contributed by atoms with Gasteiger partial charge in [-0.3, -0.25) is 0 Å². The van der Waals surface area contributed by atoms with E-state index in [0.717, 1.165) is 18.4 Å². The molecule has 1 saturated heterocycles. The topological polar surface area (TPSA) is 43.4 Å².